The molecule has 1 amide bonds. The summed E-state index contributed by atoms with van der Waals surface area (Å²) in [6.45, 7) is 1.95. The molecule has 0 spiro atoms. The van der Waals surface area contributed by atoms with Gasteiger partial charge >= 0.3 is 0 Å². The summed E-state index contributed by atoms with van der Waals surface area (Å²) in [5.74, 6) is 0.741. The van der Waals surface area contributed by atoms with E-state index in [9.17, 15) is 4.79 Å². The van der Waals surface area contributed by atoms with Crippen molar-refractivity contribution in [3.05, 3.63) is 63.1 Å². The van der Waals surface area contributed by atoms with Gasteiger partial charge in [-0.2, -0.15) is 0 Å². The second-order valence-electron chi connectivity index (χ2n) is 4.99. The average Bonchev–Trinajstić information content (AvgIpc) is 2.49. The second kappa shape index (κ2) is 7.65. The van der Waals surface area contributed by atoms with Gasteiger partial charge in [-0.1, -0.05) is 29.8 Å². The zero-order valence-corrected chi connectivity index (χ0v) is 14.7. The van der Waals surface area contributed by atoms with Crippen molar-refractivity contribution < 1.29 is 9.53 Å². The minimum atomic E-state index is -0.0815. The Morgan fingerprint density at radius 3 is 2.55 bits per heavy atom. The topological polar surface area (TPSA) is 38.3 Å². The van der Waals surface area contributed by atoms with Crippen molar-refractivity contribution in [3.63, 3.8) is 0 Å². The lowest BCUT2D eigenvalue weighted by Gasteiger charge is -2.15. The SMILES string of the molecule is COc1ccc(C(C)NC(=O)Cc2ccc(Cl)cc2)cc1Br. The standard InChI is InChI=1S/C17H17BrClNO2/c1-11(13-5-8-16(22-2)15(18)10-13)20-17(21)9-12-3-6-14(19)7-4-12/h3-8,10-11H,9H2,1-2H3,(H,20,21). The summed E-state index contributed by atoms with van der Waals surface area (Å²) >= 11 is 9.29. The van der Waals surface area contributed by atoms with Gasteiger partial charge in [-0.15, -0.1) is 0 Å². The van der Waals surface area contributed by atoms with E-state index in [-0.39, 0.29) is 11.9 Å². The summed E-state index contributed by atoms with van der Waals surface area (Å²) in [5, 5.41) is 3.66. The van der Waals surface area contributed by atoms with E-state index >= 15 is 0 Å². The van der Waals surface area contributed by atoms with Gasteiger partial charge in [0.1, 0.15) is 5.75 Å². The Kier molecular flexibility index (Phi) is 5.86. The first-order valence-electron chi connectivity index (χ1n) is 6.87. The van der Waals surface area contributed by atoms with Crippen molar-refractivity contribution >= 4 is 33.4 Å². The molecule has 1 unspecified atom stereocenters. The summed E-state index contributed by atoms with van der Waals surface area (Å²) in [6.07, 6.45) is 0.332. The van der Waals surface area contributed by atoms with Gasteiger partial charge in [0.2, 0.25) is 5.91 Å². The largest absolute Gasteiger partial charge is 0.496 e. The molecule has 22 heavy (non-hydrogen) atoms. The summed E-state index contributed by atoms with van der Waals surface area (Å²) in [5.41, 5.74) is 1.95. The van der Waals surface area contributed by atoms with E-state index in [0.717, 1.165) is 21.3 Å². The lowest BCUT2D eigenvalue weighted by molar-refractivity contribution is -0.121. The average molecular weight is 383 g/mol. The number of carbonyl (C=O) groups excluding carboxylic acids is 1. The van der Waals surface area contributed by atoms with Crippen molar-refractivity contribution in [2.45, 2.75) is 19.4 Å². The molecular weight excluding hydrogens is 366 g/mol. The second-order valence-corrected chi connectivity index (χ2v) is 6.28. The number of hydrogen-bond donors (Lipinski definition) is 1. The maximum absolute atomic E-state index is 12.1. The molecule has 2 rings (SSSR count). The molecule has 0 bridgehead atoms. The normalized spacial score (nSPS) is 11.8. The Hall–Kier alpha value is -1.52. The van der Waals surface area contributed by atoms with E-state index in [1.807, 2.05) is 37.3 Å². The number of methoxy groups -OCH3 is 1. The van der Waals surface area contributed by atoms with Crippen LogP contribution < -0.4 is 10.1 Å². The summed E-state index contributed by atoms with van der Waals surface area (Å²) in [4.78, 5) is 12.1. The Balaban J connectivity index is 1.98. The molecule has 1 N–H and O–H groups in total. The first-order valence-corrected chi connectivity index (χ1v) is 8.04. The lowest BCUT2D eigenvalue weighted by atomic mass is 10.1. The predicted octanol–water partition coefficient (Wildman–Crippen LogP) is 4.53. The van der Waals surface area contributed by atoms with Crippen molar-refractivity contribution in [1.29, 1.82) is 0 Å². The fraction of sp³-hybridized carbons (Fsp3) is 0.235. The molecule has 1 atom stereocenters. The van der Waals surface area contributed by atoms with Gasteiger partial charge in [0.05, 0.1) is 24.0 Å². The van der Waals surface area contributed by atoms with Crippen LogP contribution in [0.25, 0.3) is 0 Å². The number of ether oxygens (including phenoxy) is 1. The van der Waals surface area contributed by atoms with Crippen molar-refractivity contribution in [1.82, 2.24) is 5.32 Å². The molecular formula is C17H17BrClNO2. The molecule has 0 saturated heterocycles. The summed E-state index contributed by atoms with van der Waals surface area (Å²) in [7, 11) is 1.62. The Labute approximate surface area is 143 Å². The highest BCUT2D eigenvalue weighted by atomic mass is 79.9. The van der Waals surface area contributed by atoms with Gasteiger partial charge in [0.15, 0.2) is 0 Å². The Morgan fingerprint density at radius 1 is 1.27 bits per heavy atom. The van der Waals surface area contributed by atoms with E-state index < -0.39 is 0 Å². The van der Waals surface area contributed by atoms with E-state index in [1.165, 1.54) is 0 Å². The van der Waals surface area contributed by atoms with Crippen molar-refractivity contribution in [2.75, 3.05) is 7.11 Å². The van der Waals surface area contributed by atoms with Crippen LogP contribution in [0.1, 0.15) is 24.1 Å². The molecule has 0 heterocycles. The van der Waals surface area contributed by atoms with Gasteiger partial charge in [0.25, 0.3) is 0 Å². The molecule has 0 saturated carbocycles. The lowest BCUT2D eigenvalue weighted by Crippen LogP contribution is -2.28. The molecule has 5 heteroatoms. The van der Waals surface area contributed by atoms with Crippen LogP contribution in [0.2, 0.25) is 5.02 Å². The molecule has 3 nitrogen and oxygen atoms in total. The quantitative estimate of drug-likeness (QED) is 0.825. The molecule has 116 valence electrons. The number of hydrogen-bond acceptors (Lipinski definition) is 2. The first-order chi connectivity index (χ1) is 10.5. The van der Waals surface area contributed by atoms with E-state index in [0.29, 0.717) is 11.4 Å². The maximum atomic E-state index is 12.1. The smallest absolute Gasteiger partial charge is 0.224 e. The number of nitrogens with one attached hydrogen (secondary N) is 1. The molecule has 0 radical (unpaired) electrons. The van der Waals surface area contributed by atoms with Crippen LogP contribution >= 0.6 is 27.5 Å². The Bertz CT molecular complexity index is 658. The number of amides is 1. The molecule has 2 aromatic carbocycles. The molecule has 0 aliphatic carbocycles. The van der Waals surface area contributed by atoms with Crippen LogP contribution in [0.3, 0.4) is 0 Å². The summed E-state index contributed by atoms with van der Waals surface area (Å²) < 4.78 is 6.07. The van der Waals surface area contributed by atoms with Crippen LogP contribution in [-0.4, -0.2) is 13.0 Å². The van der Waals surface area contributed by atoms with Crippen LogP contribution in [0.15, 0.2) is 46.9 Å². The van der Waals surface area contributed by atoms with Crippen LogP contribution in [0, 0.1) is 0 Å². The van der Waals surface area contributed by atoms with E-state index in [1.54, 1.807) is 19.2 Å². The molecule has 0 aromatic heterocycles. The third kappa shape index (κ3) is 4.49. The van der Waals surface area contributed by atoms with Gasteiger partial charge in [-0.05, 0) is 58.2 Å². The minimum absolute atomic E-state index is 0.0261. The van der Waals surface area contributed by atoms with Crippen LogP contribution in [0.5, 0.6) is 5.75 Å². The molecule has 2 aromatic rings. The predicted molar refractivity (Wildman–Crippen MR) is 92.4 cm³/mol. The number of carbonyl (C=O) groups is 1. The highest BCUT2D eigenvalue weighted by Crippen LogP contribution is 2.28. The number of benzene rings is 2. The van der Waals surface area contributed by atoms with Gasteiger partial charge in [0, 0.05) is 5.02 Å². The molecule has 0 fully saturated rings. The summed E-state index contributed by atoms with van der Waals surface area (Å²) in [6, 6.07) is 13.0. The highest BCUT2D eigenvalue weighted by molar-refractivity contribution is 9.10. The van der Waals surface area contributed by atoms with Crippen LogP contribution in [-0.2, 0) is 11.2 Å². The van der Waals surface area contributed by atoms with Crippen LogP contribution in [0.4, 0.5) is 0 Å². The minimum Gasteiger partial charge on any atom is -0.496 e. The van der Waals surface area contributed by atoms with E-state index in [4.69, 9.17) is 16.3 Å². The zero-order chi connectivity index (χ0) is 16.1. The zero-order valence-electron chi connectivity index (χ0n) is 12.4. The van der Waals surface area contributed by atoms with Gasteiger partial charge < -0.3 is 10.1 Å². The van der Waals surface area contributed by atoms with Gasteiger partial charge in [-0.3, -0.25) is 4.79 Å². The molecule has 0 aliphatic rings. The third-order valence-electron chi connectivity index (χ3n) is 3.33. The fourth-order valence-corrected chi connectivity index (χ4v) is 2.80. The monoisotopic (exact) mass is 381 g/mol. The number of halogens is 2. The third-order valence-corrected chi connectivity index (χ3v) is 4.20. The first kappa shape index (κ1) is 16.8. The maximum Gasteiger partial charge on any atom is 0.224 e. The van der Waals surface area contributed by atoms with Gasteiger partial charge in [-0.25, -0.2) is 0 Å². The van der Waals surface area contributed by atoms with Crippen molar-refractivity contribution in [2.24, 2.45) is 0 Å². The molecule has 0 aliphatic heterocycles. The number of rotatable bonds is 5. The fourth-order valence-electron chi connectivity index (χ4n) is 2.12. The Morgan fingerprint density at radius 2 is 1.95 bits per heavy atom. The highest BCUT2D eigenvalue weighted by Gasteiger charge is 2.12. The van der Waals surface area contributed by atoms with E-state index in [2.05, 4.69) is 21.2 Å². The van der Waals surface area contributed by atoms with Crippen molar-refractivity contribution in [3.8, 4) is 5.75 Å².